The zero-order valence-corrected chi connectivity index (χ0v) is 12.3. The molecular formula is C15H20F3NO3. The predicted octanol–water partition coefficient (Wildman–Crippen LogP) is 2.38. The highest BCUT2D eigenvalue weighted by Crippen LogP contribution is 2.33. The van der Waals surface area contributed by atoms with Crippen LogP contribution in [0.4, 0.5) is 13.2 Å². The Balaban J connectivity index is 1.94. The zero-order valence-electron chi connectivity index (χ0n) is 12.3. The van der Waals surface area contributed by atoms with E-state index in [4.69, 9.17) is 4.74 Å². The number of likely N-dealkylation sites (tertiary alicyclic amines) is 1. The molecule has 0 aromatic heterocycles. The fourth-order valence-corrected chi connectivity index (χ4v) is 2.69. The van der Waals surface area contributed by atoms with Crippen LogP contribution in [0.25, 0.3) is 0 Å². The molecule has 124 valence electrons. The quantitative estimate of drug-likeness (QED) is 0.818. The summed E-state index contributed by atoms with van der Waals surface area (Å²) >= 11 is 0. The molecule has 1 aromatic rings. The number of hydrogen-bond donors (Lipinski definition) is 1. The normalized spacial score (nSPS) is 23.0. The van der Waals surface area contributed by atoms with Crippen molar-refractivity contribution < 1.29 is 27.8 Å². The van der Waals surface area contributed by atoms with Crippen molar-refractivity contribution in [2.45, 2.75) is 24.7 Å². The van der Waals surface area contributed by atoms with Gasteiger partial charge in [-0.1, -0.05) is 12.1 Å². The van der Waals surface area contributed by atoms with Gasteiger partial charge in [0, 0.05) is 19.1 Å². The molecule has 1 heterocycles. The van der Waals surface area contributed by atoms with E-state index in [2.05, 4.69) is 4.74 Å². The highest BCUT2D eigenvalue weighted by molar-refractivity contribution is 5.31. The molecule has 1 aliphatic heterocycles. The second-order valence-corrected chi connectivity index (χ2v) is 5.34. The first-order valence-corrected chi connectivity index (χ1v) is 7.09. The van der Waals surface area contributed by atoms with Gasteiger partial charge in [0.1, 0.15) is 12.4 Å². The van der Waals surface area contributed by atoms with Crippen LogP contribution in [0, 0.1) is 0 Å². The number of benzene rings is 1. The lowest BCUT2D eigenvalue weighted by Gasteiger charge is -2.24. The van der Waals surface area contributed by atoms with E-state index in [1.807, 2.05) is 29.2 Å². The van der Waals surface area contributed by atoms with E-state index in [-0.39, 0.29) is 12.6 Å². The van der Waals surface area contributed by atoms with Gasteiger partial charge in [-0.3, -0.25) is 4.90 Å². The van der Waals surface area contributed by atoms with Crippen LogP contribution in [0.1, 0.15) is 18.0 Å². The summed E-state index contributed by atoms with van der Waals surface area (Å²) in [6.45, 7) is -0.494. The molecule has 7 heteroatoms. The van der Waals surface area contributed by atoms with Gasteiger partial charge in [-0.2, -0.15) is 13.2 Å². The van der Waals surface area contributed by atoms with Crippen LogP contribution in [-0.4, -0.2) is 55.7 Å². The highest BCUT2D eigenvalue weighted by atomic mass is 19.4. The van der Waals surface area contributed by atoms with Crippen LogP contribution >= 0.6 is 0 Å². The number of ether oxygens (including phenoxy) is 2. The van der Waals surface area contributed by atoms with E-state index >= 15 is 0 Å². The smallest absolute Gasteiger partial charge is 0.411 e. The minimum Gasteiger partial charge on any atom is -0.497 e. The van der Waals surface area contributed by atoms with Gasteiger partial charge < -0.3 is 14.6 Å². The third-order valence-corrected chi connectivity index (χ3v) is 3.65. The van der Waals surface area contributed by atoms with Gasteiger partial charge in [0.2, 0.25) is 0 Å². The maximum Gasteiger partial charge on any atom is 0.411 e. The first-order chi connectivity index (χ1) is 10.4. The van der Waals surface area contributed by atoms with Gasteiger partial charge >= 0.3 is 6.18 Å². The van der Waals surface area contributed by atoms with Gasteiger partial charge in [-0.05, 0) is 24.1 Å². The van der Waals surface area contributed by atoms with E-state index in [0.29, 0.717) is 25.3 Å². The molecule has 2 atom stereocenters. The standard InChI is InChI=1S/C15H20F3NO3/c1-21-13-4-2-3-11(7-13)14-8-12(20)9-19(14)5-6-22-10-15(16,17)18/h2-4,7,12,14,20H,5-6,8-10H2,1H3/t12-,14+/m0/s1. The summed E-state index contributed by atoms with van der Waals surface area (Å²) in [6.07, 6.45) is -4.25. The molecule has 22 heavy (non-hydrogen) atoms. The largest absolute Gasteiger partial charge is 0.497 e. The number of methoxy groups -OCH3 is 1. The second-order valence-electron chi connectivity index (χ2n) is 5.34. The van der Waals surface area contributed by atoms with Gasteiger partial charge in [-0.25, -0.2) is 0 Å². The number of halogens is 3. The predicted molar refractivity (Wildman–Crippen MR) is 74.8 cm³/mol. The summed E-state index contributed by atoms with van der Waals surface area (Å²) in [6, 6.07) is 7.45. The van der Waals surface area contributed by atoms with Crippen molar-refractivity contribution in [2.75, 3.05) is 33.4 Å². The van der Waals surface area contributed by atoms with Gasteiger partial charge in [0.15, 0.2) is 0 Å². The second kappa shape index (κ2) is 7.30. The van der Waals surface area contributed by atoms with Crippen LogP contribution in [0.5, 0.6) is 5.75 Å². The van der Waals surface area contributed by atoms with Crippen molar-refractivity contribution in [3.05, 3.63) is 29.8 Å². The molecule has 1 N–H and O–H groups in total. The number of alkyl halides is 3. The third kappa shape index (κ3) is 4.86. The number of rotatable bonds is 6. The Morgan fingerprint density at radius 3 is 2.82 bits per heavy atom. The average Bonchev–Trinajstić information content (AvgIpc) is 2.84. The minimum absolute atomic E-state index is 0.0211. The van der Waals surface area contributed by atoms with E-state index in [1.54, 1.807) is 7.11 Å². The Morgan fingerprint density at radius 1 is 1.36 bits per heavy atom. The molecule has 0 bridgehead atoms. The monoisotopic (exact) mass is 319 g/mol. The molecule has 0 amide bonds. The Labute approximate surface area is 127 Å². The Kier molecular flexibility index (Phi) is 5.66. The molecule has 1 fully saturated rings. The lowest BCUT2D eigenvalue weighted by Crippen LogP contribution is -2.30. The maximum atomic E-state index is 12.1. The molecule has 0 saturated carbocycles. The molecule has 1 saturated heterocycles. The minimum atomic E-state index is -4.31. The van der Waals surface area contributed by atoms with Crippen molar-refractivity contribution in [1.29, 1.82) is 0 Å². The van der Waals surface area contributed by atoms with Gasteiger partial charge in [-0.15, -0.1) is 0 Å². The van der Waals surface area contributed by atoms with E-state index in [1.165, 1.54) is 0 Å². The lowest BCUT2D eigenvalue weighted by molar-refractivity contribution is -0.174. The molecule has 0 radical (unpaired) electrons. The molecule has 2 rings (SSSR count). The van der Waals surface area contributed by atoms with Crippen LogP contribution in [0.15, 0.2) is 24.3 Å². The molecule has 1 aliphatic rings. The third-order valence-electron chi connectivity index (χ3n) is 3.65. The summed E-state index contributed by atoms with van der Waals surface area (Å²) < 4.78 is 46.0. The van der Waals surface area contributed by atoms with Crippen LogP contribution in [0.3, 0.4) is 0 Å². The number of β-amino-alcohol motifs (C(OH)–C–C–N with tert-alkyl or cyclic N) is 1. The lowest BCUT2D eigenvalue weighted by atomic mass is 10.0. The summed E-state index contributed by atoms with van der Waals surface area (Å²) in [5.41, 5.74) is 0.978. The molecule has 0 aliphatic carbocycles. The molecule has 0 spiro atoms. The number of aliphatic hydroxyl groups is 1. The molecule has 4 nitrogen and oxygen atoms in total. The van der Waals surface area contributed by atoms with Crippen molar-refractivity contribution in [2.24, 2.45) is 0 Å². The van der Waals surface area contributed by atoms with Crippen LogP contribution in [-0.2, 0) is 4.74 Å². The summed E-state index contributed by atoms with van der Waals surface area (Å²) in [7, 11) is 1.57. The van der Waals surface area contributed by atoms with E-state index in [9.17, 15) is 18.3 Å². The maximum absolute atomic E-state index is 12.1. The van der Waals surface area contributed by atoms with Gasteiger partial charge in [0.25, 0.3) is 0 Å². The van der Waals surface area contributed by atoms with Crippen molar-refractivity contribution in [3.63, 3.8) is 0 Å². The van der Waals surface area contributed by atoms with Crippen LogP contribution < -0.4 is 4.74 Å². The first kappa shape index (κ1) is 17.1. The summed E-state index contributed by atoms with van der Waals surface area (Å²) in [5, 5.41) is 9.85. The average molecular weight is 319 g/mol. The Bertz CT molecular complexity index is 481. The first-order valence-electron chi connectivity index (χ1n) is 7.09. The molecular weight excluding hydrogens is 299 g/mol. The zero-order chi connectivity index (χ0) is 16.2. The fourth-order valence-electron chi connectivity index (χ4n) is 2.69. The summed E-state index contributed by atoms with van der Waals surface area (Å²) in [5.74, 6) is 0.715. The Hall–Kier alpha value is -1.31. The molecule has 1 aromatic carbocycles. The van der Waals surface area contributed by atoms with Crippen molar-refractivity contribution >= 4 is 0 Å². The van der Waals surface area contributed by atoms with Gasteiger partial charge in [0.05, 0.1) is 19.8 Å². The van der Waals surface area contributed by atoms with E-state index < -0.39 is 18.9 Å². The number of aliphatic hydroxyl groups excluding tert-OH is 1. The topological polar surface area (TPSA) is 41.9 Å². The fraction of sp³-hybridized carbons (Fsp3) is 0.600. The molecule has 0 unspecified atom stereocenters. The number of hydrogen-bond acceptors (Lipinski definition) is 4. The van der Waals surface area contributed by atoms with E-state index in [0.717, 1.165) is 5.56 Å². The number of nitrogens with zero attached hydrogens (tertiary/aromatic N) is 1. The van der Waals surface area contributed by atoms with Crippen molar-refractivity contribution in [3.8, 4) is 5.75 Å². The Morgan fingerprint density at radius 2 is 2.14 bits per heavy atom. The SMILES string of the molecule is COc1cccc([C@H]2C[C@H](O)CN2CCOCC(F)(F)F)c1. The highest BCUT2D eigenvalue weighted by Gasteiger charge is 2.32. The summed E-state index contributed by atoms with van der Waals surface area (Å²) in [4.78, 5) is 1.94. The van der Waals surface area contributed by atoms with Crippen LogP contribution in [0.2, 0.25) is 0 Å². The van der Waals surface area contributed by atoms with Crippen molar-refractivity contribution in [1.82, 2.24) is 4.90 Å².